The summed E-state index contributed by atoms with van der Waals surface area (Å²) in [5, 5.41) is 10.0. The molecule has 0 atom stereocenters. The number of hydrogen-bond donors (Lipinski definition) is 1. The maximum absolute atomic E-state index is 14.0. The molecular formula is C28H25NO10. The van der Waals surface area contributed by atoms with Crippen LogP contribution in [0.5, 0.6) is 40.2 Å². The number of hydrogen-bond acceptors (Lipinski definition) is 9. The van der Waals surface area contributed by atoms with E-state index >= 15 is 0 Å². The zero-order valence-electron chi connectivity index (χ0n) is 21.6. The second-order valence-electron chi connectivity index (χ2n) is 8.40. The van der Waals surface area contributed by atoms with E-state index in [1.807, 2.05) is 0 Å². The molecule has 11 nitrogen and oxygen atoms in total. The van der Waals surface area contributed by atoms with E-state index in [1.54, 1.807) is 48.5 Å². The van der Waals surface area contributed by atoms with Crippen molar-refractivity contribution in [2.45, 2.75) is 6.54 Å². The summed E-state index contributed by atoms with van der Waals surface area (Å²) in [5.74, 6) is 2.27. The van der Waals surface area contributed by atoms with Crippen LogP contribution in [0.3, 0.4) is 0 Å². The first kappa shape index (κ1) is 25.6. The Morgan fingerprint density at radius 1 is 0.872 bits per heavy atom. The number of nitrogens with zero attached hydrogens (tertiary/aromatic N) is 1. The summed E-state index contributed by atoms with van der Waals surface area (Å²) in [4.78, 5) is 25.9. The molecule has 3 aromatic carbocycles. The van der Waals surface area contributed by atoms with E-state index in [-0.39, 0.29) is 24.7 Å². The summed E-state index contributed by atoms with van der Waals surface area (Å²) >= 11 is 0. The van der Waals surface area contributed by atoms with Gasteiger partial charge in [0.15, 0.2) is 23.0 Å². The average Bonchev–Trinajstić information content (AvgIpc) is 3.42. The van der Waals surface area contributed by atoms with Crippen molar-refractivity contribution in [1.82, 2.24) is 4.57 Å². The van der Waals surface area contributed by atoms with Crippen molar-refractivity contribution in [1.29, 1.82) is 0 Å². The smallest absolute Gasteiger partial charge is 0.497 e. The fraction of sp³-hybridized carbons (Fsp3) is 0.214. The molecule has 0 bridgehead atoms. The molecule has 39 heavy (non-hydrogen) atoms. The van der Waals surface area contributed by atoms with Crippen LogP contribution in [0.2, 0.25) is 0 Å². The van der Waals surface area contributed by atoms with E-state index in [2.05, 4.69) is 0 Å². The third-order valence-electron chi connectivity index (χ3n) is 6.40. The van der Waals surface area contributed by atoms with Crippen molar-refractivity contribution in [2.75, 3.05) is 35.2 Å². The molecule has 1 N–H and O–H groups in total. The molecule has 0 aliphatic carbocycles. The van der Waals surface area contributed by atoms with Crippen LogP contribution in [0.1, 0.15) is 5.56 Å². The van der Waals surface area contributed by atoms with Gasteiger partial charge in [-0.05, 0) is 48.0 Å². The van der Waals surface area contributed by atoms with Crippen LogP contribution < -0.4 is 38.7 Å². The van der Waals surface area contributed by atoms with Gasteiger partial charge in [0.05, 0.1) is 45.9 Å². The van der Waals surface area contributed by atoms with Crippen LogP contribution in [0.15, 0.2) is 53.3 Å². The van der Waals surface area contributed by atoms with E-state index in [9.17, 15) is 14.7 Å². The molecule has 0 spiro atoms. The highest BCUT2D eigenvalue weighted by molar-refractivity contribution is 6.04. The van der Waals surface area contributed by atoms with Crippen LogP contribution in [0.25, 0.3) is 22.0 Å². The SMILES string of the molecule is COc1ccc(OC)c(Cn2c(=O)c(OC(=O)O)c(-c3ccc4c(c3)OCO4)c3c(OC)c(OC)ccc32)c1. The molecule has 5 rings (SSSR count). The Bertz CT molecular complexity index is 1640. The second kappa shape index (κ2) is 10.4. The first-order valence-electron chi connectivity index (χ1n) is 11.7. The van der Waals surface area contributed by atoms with Gasteiger partial charge >= 0.3 is 6.16 Å². The fourth-order valence-electron chi connectivity index (χ4n) is 4.68. The van der Waals surface area contributed by atoms with Crippen LogP contribution in [-0.4, -0.2) is 51.1 Å². The van der Waals surface area contributed by atoms with Crippen molar-refractivity contribution in [3.63, 3.8) is 0 Å². The number of carbonyl (C=O) groups is 1. The van der Waals surface area contributed by atoms with Gasteiger partial charge in [0.25, 0.3) is 5.56 Å². The van der Waals surface area contributed by atoms with Gasteiger partial charge in [-0.1, -0.05) is 6.07 Å². The van der Waals surface area contributed by atoms with E-state index in [1.165, 1.54) is 33.0 Å². The van der Waals surface area contributed by atoms with Gasteiger partial charge in [-0.2, -0.15) is 0 Å². The predicted molar refractivity (Wildman–Crippen MR) is 140 cm³/mol. The highest BCUT2D eigenvalue weighted by Crippen LogP contribution is 2.46. The zero-order valence-corrected chi connectivity index (χ0v) is 21.6. The number of benzene rings is 3. The first-order valence-corrected chi connectivity index (χ1v) is 11.7. The quantitative estimate of drug-likeness (QED) is 0.322. The lowest BCUT2D eigenvalue weighted by atomic mass is 9.97. The molecule has 0 saturated carbocycles. The third kappa shape index (κ3) is 4.48. The van der Waals surface area contributed by atoms with Crippen LogP contribution >= 0.6 is 0 Å². The lowest BCUT2D eigenvalue weighted by molar-refractivity contribution is 0.144. The molecule has 0 unspecified atom stereocenters. The number of ether oxygens (including phenoxy) is 7. The molecule has 1 aliphatic heterocycles. The summed E-state index contributed by atoms with van der Waals surface area (Å²) in [6.45, 7) is 0.0434. The minimum absolute atomic E-state index is 0.00257. The lowest BCUT2D eigenvalue weighted by Crippen LogP contribution is -2.26. The molecule has 2 heterocycles. The van der Waals surface area contributed by atoms with Gasteiger partial charge in [0, 0.05) is 11.1 Å². The zero-order chi connectivity index (χ0) is 27.7. The highest BCUT2D eigenvalue weighted by Gasteiger charge is 2.28. The molecule has 0 fully saturated rings. The number of carboxylic acid groups (broad SMARTS) is 1. The van der Waals surface area contributed by atoms with Gasteiger partial charge in [-0.15, -0.1) is 0 Å². The van der Waals surface area contributed by atoms with Crippen molar-refractivity contribution < 1.29 is 43.1 Å². The first-order chi connectivity index (χ1) is 18.9. The summed E-state index contributed by atoms with van der Waals surface area (Å²) in [7, 11) is 5.99. The van der Waals surface area contributed by atoms with Gasteiger partial charge < -0.3 is 42.8 Å². The fourth-order valence-corrected chi connectivity index (χ4v) is 4.68. The monoisotopic (exact) mass is 535 g/mol. The predicted octanol–water partition coefficient (Wildman–Crippen LogP) is 4.54. The Morgan fingerprint density at radius 3 is 2.31 bits per heavy atom. The highest BCUT2D eigenvalue weighted by atomic mass is 16.7. The standard InChI is InChI=1S/C28H25NO10/c1-33-17-6-9-19(34-2)16(11-17)13-29-18-7-10-21(35-3)25(36-4)24(18)23(26(27(29)30)39-28(31)32)15-5-8-20-22(12-15)38-14-37-20/h5-12H,13-14H2,1-4H3,(H,31,32). The second-order valence-corrected chi connectivity index (χ2v) is 8.40. The maximum atomic E-state index is 14.0. The molecule has 0 amide bonds. The van der Waals surface area contributed by atoms with E-state index in [0.29, 0.717) is 50.8 Å². The summed E-state index contributed by atoms with van der Waals surface area (Å²) in [5.41, 5.74) is 1.02. The molecule has 1 aromatic heterocycles. The van der Waals surface area contributed by atoms with Crippen molar-refractivity contribution in [2.24, 2.45) is 0 Å². The van der Waals surface area contributed by atoms with Crippen molar-refractivity contribution in [3.8, 4) is 51.4 Å². The normalized spacial score (nSPS) is 11.8. The number of rotatable bonds is 8. The third-order valence-corrected chi connectivity index (χ3v) is 6.40. The van der Waals surface area contributed by atoms with Gasteiger partial charge in [0.1, 0.15) is 11.5 Å². The van der Waals surface area contributed by atoms with E-state index in [0.717, 1.165) is 0 Å². The van der Waals surface area contributed by atoms with Crippen molar-refractivity contribution in [3.05, 3.63) is 64.4 Å². The van der Waals surface area contributed by atoms with Gasteiger partial charge in [0.2, 0.25) is 12.5 Å². The lowest BCUT2D eigenvalue weighted by Gasteiger charge is -2.21. The molecule has 4 aromatic rings. The van der Waals surface area contributed by atoms with E-state index in [4.69, 9.17) is 33.2 Å². The van der Waals surface area contributed by atoms with Gasteiger partial charge in [-0.3, -0.25) is 4.79 Å². The van der Waals surface area contributed by atoms with Crippen LogP contribution in [-0.2, 0) is 6.54 Å². The summed E-state index contributed by atoms with van der Waals surface area (Å²) < 4.78 is 39.7. The average molecular weight is 536 g/mol. The number of methoxy groups -OCH3 is 4. The maximum Gasteiger partial charge on any atom is 0.511 e. The van der Waals surface area contributed by atoms with E-state index < -0.39 is 17.5 Å². The Balaban J connectivity index is 1.89. The molecule has 1 aliphatic rings. The van der Waals surface area contributed by atoms with Crippen LogP contribution in [0, 0.1) is 0 Å². The Kier molecular flexibility index (Phi) is 6.80. The Labute approximate surface area is 222 Å². The minimum Gasteiger partial charge on any atom is -0.497 e. The number of aromatic nitrogens is 1. The molecule has 0 radical (unpaired) electrons. The largest absolute Gasteiger partial charge is 0.511 e. The number of fused-ring (bicyclic) bond motifs is 2. The molecular weight excluding hydrogens is 510 g/mol. The minimum atomic E-state index is -1.65. The van der Waals surface area contributed by atoms with Crippen LogP contribution in [0.4, 0.5) is 4.79 Å². The Morgan fingerprint density at radius 2 is 1.62 bits per heavy atom. The summed E-state index contributed by atoms with van der Waals surface area (Å²) in [6.07, 6.45) is -1.65. The summed E-state index contributed by atoms with van der Waals surface area (Å²) in [6, 6.07) is 13.6. The topological polar surface area (TPSA) is 124 Å². The molecule has 0 saturated heterocycles. The van der Waals surface area contributed by atoms with Gasteiger partial charge in [-0.25, -0.2) is 4.79 Å². The Hall–Kier alpha value is -5.06. The molecule has 11 heteroatoms. The molecule has 202 valence electrons. The number of pyridine rings is 1. The van der Waals surface area contributed by atoms with Crippen molar-refractivity contribution >= 4 is 17.1 Å².